The van der Waals surface area contributed by atoms with Crippen molar-refractivity contribution in [3.05, 3.63) is 77.2 Å². The second kappa shape index (κ2) is 8.32. The Kier molecular flexibility index (Phi) is 5.44. The van der Waals surface area contributed by atoms with Crippen LogP contribution in [0.5, 0.6) is 0 Å². The van der Waals surface area contributed by atoms with Crippen LogP contribution in [0.25, 0.3) is 22.3 Å². The highest BCUT2D eigenvalue weighted by Crippen LogP contribution is 2.32. The van der Waals surface area contributed by atoms with Gasteiger partial charge in [-0.3, -0.25) is 4.79 Å². The summed E-state index contributed by atoms with van der Waals surface area (Å²) >= 11 is 0. The van der Waals surface area contributed by atoms with E-state index in [9.17, 15) is 17.6 Å². The highest BCUT2D eigenvalue weighted by atomic mass is 32.2. The van der Waals surface area contributed by atoms with Crippen molar-refractivity contribution in [3.63, 3.8) is 0 Å². The van der Waals surface area contributed by atoms with Gasteiger partial charge in [-0.15, -0.1) is 0 Å². The van der Waals surface area contributed by atoms with Crippen molar-refractivity contribution in [2.45, 2.75) is 26.3 Å². The first kappa shape index (κ1) is 22.2. The molecule has 1 aliphatic heterocycles. The first-order chi connectivity index (χ1) is 16.2. The molecule has 7 nitrogen and oxygen atoms in total. The Labute approximate surface area is 196 Å². The van der Waals surface area contributed by atoms with E-state index in [4.69, 9.17) is 4.98 Å². The molecule has 1 amide bonds. The number of anilines is 1. The fraction of sp³-hybridized carbons (Fsp3) is 0.240. The molecule has 1 aliphatic rings. The predicted molar refractivity (Wildman–Crippen MR) is 129 cm³/mol. The summed E-state index contributed by atoms with van der Waals surface area (Å²) in [5, 5.41) is 8.00. The van der Waals surface area contributed by atoms with E-state index in [-0.39, 0.29) is 23.5 Å². The summed E-state index contributed by atoms with van der Waals surface area (Å²) in [5.74, 6) is -0.673. The fourth-order valence-corrected chi connectivity index (χ4v) is 6.01. The van der Waals surface area contributed by atoms with Crippen molar-refractivity contribution < 1.29 is 17.6 Å². The van der Waals surface area contributed by atoms with Gasteiger partial charge in [-0.2, -0.15) is 5.10 Å². The molecule has 2 aromatic carbocycles. The molecule has 174 valence electrons. The number of nitrogens with one attached hydrogen (secondary N) is 1. The number of carbonyl (C=O) groups excluding carboxylic acids is 1. The van der Waals surface area contributed by atoms with Gasteiger partial charge < -0.3 is 5.32 Å². The maximum atomic E-state index is 13.4. The monoisotopic (exact) mass is 478 g/mol. The lowest BCUT2D eigenvalue weighted by molar-refractivity contribution is 0.102. The predicted octanol–water partition coefficient (Wildman–Crippen LogP) is 4.47. The van der Waals surface area contributed by atoms with Crippen molar-refractivity contribution in [1.82, 2.24) is 14.8 Å². The van der Waals surface area contributed by atoms with Gasteiger partial charge in [0.25, 0.3) is 5.91 Å². The highest BCUT2D eigenvalue weighted by Gasteiger charge is 2.32. The summed E-state index contributed by atoms with van der Waals surface area (Å²) in [5.41, 5.74) is 4.39. The van der Waals surface area contributed by atoms with E-state index in [0.29, 0.717) is 40.1 Å². The maximum Gasteiger partial charge on any atom is 0.256 e. The highest BCUT2D eigenvalue weighted by molar-refractivity contribution is 7.91. The van der Waals surface area contributed by atoms with Crippen molar-refractivity contribution in [2.75, 3.05) is 16.8 Å². The lowest BCUT2D eigenvalue weighted by Gasteiger charge is -2.12. The number of carbonyl (C=O) groups is 1. The standard InChI is InChI=1S/C25H23FN4O3S/c1-15-3-5-17(6-4-15)22-13-21(25(31)27-19-9-7-18(26)8-10-19)23-16(2)29-30(24(23)28-22)20-11-12-34(32,33)14-20/h3-10,13,20H,11-12,14H2,1-2H3,(H,27,31). The molecule has 2 aromatic heterocycles. The quantitative estimate of drug-likeness (QED) is 0.467. The normalized spacial score (nSPS) is 17.2. The molecule has 34 heavy (non-hydrogen) atoms. The smallest absolute Gasteiger partial charge is 0.256 e. The van der Waals surface area contributed by atoms with Gasteiger partial charge in [0.2, 0.25) is 0 Å². The first-order valence-corrected chi connectivity index (χ1v) is 12.8. The molecule has 1 saturated heterocycles. The number of benzene rings is 2. The van der Waals surface area contributed by atoms with Crippen LogP contribution in [0.3, 0.4) is 0 Å². The third kappa shape index (κ3) is 4.19. The van der Waals surface area contributed by atoms with E-state index in [0.717, 1.165) is 11.1 Å². The Morgan fingerprint density at radius 2 is 1.79 bits per heavy atom. The number of pyridine rings is 1. The third-order valence-electron chi connectivity index (χ3n) is 6.09. The van der Waals surface area contributed by atoms with E-state index in [1.807, 2.05) is 31.2 Å². The average molecular weight is 479 g/mol. The molecule has 0 saturated carbocycles. The van der Waals surface area contributed by atoms with Crippen LogP contribution in [0.2, 0.25) is 0 Å². The molecular formula is C25H23FN4O3S. The number of rotatable bonds is 4. The van der Waals surface area contributed by atoms with E-state index in [1.54, 1.807) is 17.7 Å². The minimum absolute atomic E-state index is 0.00321. The van der Waals surface area contributed by atoms with Crippen LogP contribution >= 0.6 is 0 Å². The van der Waals surface area contributed by atoms with Crippen LogP contribution in [-0.4, -0.2) is 40.6 Å². The van der Waals surface area contributed by atoms with Crippen molar-refractivity contribution in [2.24, 2.45) is 0 Å². The molecule has 1 N–H and O–H groups in total. The van der Waals surface area contributed by atoms with Crippen LogP contribution < -0.4 is 5.32 Å². The number of hydrogen-bond donors (Lipinski definition) is 1. The lowest BCUT2D eigenvalue weighted by Crippen LogP contribution is -2.15. The molecule has 4 aromatic rings. The Bertz CT molecular complexity index is 1510. The number of fused-ring (bicyclic) bond motifs is 1. The maximum absolute atomic E-state index is 13.4. The lowest BCUT2D eigenvalue weighted by atomic mass is 10.0. The molecule has 5 rings (SSSR count). The summed E-state index contributed by atoms with van der Waals surface area (Å²) in [6.45, 7) is 3.77. The molecule has 1 atom stereocenters. The zero-order valence-corrected chi connectivity index (χ0v) is 19.6. The van der Waals surface area contributed by atoms with Gasteiger partial charge in [0.1, 0.15) is 5.82 Å². The number of amides is 1. The Morgan fingerprint density at radius 1 is 1.09 bits per heavy atom. The Hall–Kier alpha value is -3.59. The van der Waals surface area contributed by atoms with Crippen molar-refractivity contribution >= 4 is 32.5 Å². The molecule has 0 spiro atoms. The van der Waals surface area contributed by atoms with Gasteiger partial charge >= 0.3 is 0 Å². The molecule has 0 aliphatic carbocycles. The molecular weight excluding hydrogens is 455 g/mol. The minimum atomic E-state index is -3.14. The molecule has 1 fully saturated rings. The van der Waals surface area contributed by atoms with E-state index in [2.05, 4.69) is 10.4 Å². The summed E-state index contributed by atoms with van der Waals surface area (Å²) in [4.78, 5) is 18.2. The number of aryl methyl sites for hydroxylation is 2. The number of halogens is 1. The molecule has 1 unspecified atom stereocenters. The van der Waals surface area contributed by atoms with Crippen LogP contribution in [-0.2, 0) is 9.84 Å². The summed E-state index contributed by atoms with van der Waals surface area (Å²) in [6, 6.07) is 14.7. The number of aromatic nitrogens is 3. The number of nitrogens with zero attached hydrogens (tertiary/aromatic N) is 3. The SMILES string of the molecule is Cc1ccc(-c2cc(C(=O)Nc3ccc(F)cc3)c3c(C)nn(C4CCS(=O)(=O)C4)c3n2)cc1. The summed E-state index contributed by atoms with van der Waals surface area (Å²) in [6.07, 6.45) is 0.450. The van der Waals surface area contributed by atoms with E-state index >= 15 is 0 Å². The van der Waals surface area contributed by atoms with Crippen LogP contribution in [0.1, 0.15) is 34.1 Å². The average Bonchev–Trinajstić information content (AvgIpc) is 3.34. The van der Waals surface area contributed by atoms with E-state index in [1.165, 1.54) is 24.3 Å². The van der Waals surface area contributed by atoms with Crippen LogP contribution in [0, 0.1) is 19.7 Å². The molecule has 3 heterocycles. The van der Waals surface area contributed by atoms with Gasteiger partial charge in [-0.1, -0.05) is 29.8 Å². The second-order valence-electron chi connectivity index (χ2n) is 8.67. The zero-order chi connectivity index (χ0) is 24.0. The summed E-state index contributed by atoms with van der Waals surface area (Å²) < 4.78 is 39.2. The molecule has 9 heteroatoms. The first-order valence-electron chi connectivity index (χ1n) is 10.9. The Morgan fingerprint density at radius 3 is 2.44 bits per heavy atom. The van der Waals surface area contributed by atoms with Crippen molar-refractivity contribution in [1.29, 1.82) is 0 Å². The molecule has 0 bridgehead atoms. The minimum Gasteiger partial charge on any atom is -0.322 e. The Balaban J connectivity index is 1.67. The third-order valence-corrected chi connectivity index (χ3v) is 7.84. The van der Waals surface area contributed by atoms with Gasteiger partial charge in [-0.05, 0) is 50.6 Å². The molecule has 0 radical (unpaired) electrons. The topological polar surface area (TPSA) is 94.0 Å². The largest absolute Gasteiger partial charge is 0.322 e. The number of hydrogen-bond acceptors (Lipinski definition) is 5. The van der Waals surface area contributed by atoms with Crippen molar-refractivity contribution in [3.8, 4) is 11.3 Å². The summed E-state index contributed by atoms with van der Waals surface area (Å²) in [7, 11) is -3.14. The van der Waals surface area contributed by atoms with Crippen LogP contribution in [0.4, 0.5) is 10.1 Å². The van der Waals surface area contributed by atoms with Gasteiger partial charge in [0.05, 0.1) is 39.9 Å². The van der Waals surface area contributed by atoms with Gasteiger partial charge in [0.15, 0.2) is 15.5 Å². The number of sulfone groups is 1. The van der Waals surface area contributed by atoms with Gasteiger partial charge in [0, 0.05) is 11.3 Å². The second-order valence-corrected chi connectivity index (χ2v) is 10.9. The zero-order valence-electron chi connectivity index (χ0n) is 18.7. The van der Waals surface area contributed by atoms with Crippen LogP contribution in [0.15, 0.2) is 54.6 Å². The van der Waals surface area contributed by atoms with Gasteiger partial charge in [-0.25, -0.2) is 22.5 Å². The van der Waals surface area contributed by atoms with E-state index < -0.39 is 15.7 Å². The fourth-order valence-electron chi connectivity index (χ4n) is 4.32.